The number of para-hydroxylation sites is 1. The number of rotatable bonds is 6. The third-order valence-corrected chi connectivity index (χ3v) is 4.17. The number of carboxylic acids is 1. The molecule has 6 nitrogen and oxygen atoms in total. The summed E-state index contributed by atoms with van der Waals surface area (Å²) in [5.41, 5.74) is 2.57. The van der Waals surface area contributed by atoms with E-state index >= 15 is 0 Å². The molecule has 2 atom stereocenters. The Hall–Kier alpha value is -3.33. The Kier molecular flexibility index (Phi) is 5.97. The number of ether oxygens (including phenoxy) is 1. The fourth-order valence-electron chi connectivity index (χ4n) is 2.52. The number of aliphatic carboxylic acids is 1. The van der Waals surface area contributed by atoms with E-state index in [1.807, 2.05) is 26.0 Å². The van der Waals surface area contributed by atoms with Gasteiger partial charge in [0, 0.05) is 0 Å². The Bertz CT molecular complexity index is 870. The molecule has 0 aliphatic heterocycles. The van der Waals surface area contributed by atoms with Crippen LogP contribution in [0.2, 0.25) is 0 Å². The number of hydrogen-bond donors (Lipinski definition) is 2. The second-order valence-corrected chi connectivity index (χ2v) is 5.94. The molecule has 0 aliphatic carbocycles. The van der Waals surface area contributed by atoms with Crippen molar-refractivity contribution in [1.29, 1.82) is 5.26 Å². The maximum atomic E-state index is 12.4. The zero-order chi connectivity index (χ0) is 19.3. The Morgan fingerprint density at radius 1 is 1.15 bits per heavy atom. The van der Waals surface area contributed by atoms with Crippen LogP contribution in [-0.4, -0.2) is 23.1 Å². The highest BCUT2D eigenvalue weighted by Gasteiger charge is 2.27. The number of amides is 1. The second kappa shape index (κ2) is 8.17. The topological polar surface area (TPSA) is 99.4 Å². The van der Waals surface area contributed by atoms with E-state index in [9.17, 15) is 14.7 Å². The van der Waals surface area contributed by atoms with Crippen molar-refractivity contribution in [3.05, 3.63) is 64.7 Å². The van der Waals surface area contributed by atoms with E-state index in [0.717, 1.165) is 11.1 Å². The van der Waals surface area contributed by atoms with Crippen molar-refractivity contribution >= 4 is 11.9 Å². The average Bonchev–Trinajstić information content (AvgIpc) is 2.62. The van der Waals surface area contributed by atoms with E-state index in [-0.39, 0.29) is 5.75 Å². The Morgan fingerprint density at radius 3 is 2.50 bits per heavy atom. The van der Waals surface area contributed by atoms with Gasteiger partial charge in [0.25, 0.3) is 5.91 Å². The molecular weight excluding hydrogens is 332 g/mol. The van der Waals surface area contributed by atoms with E-state index in [2.05, 4.69) is 5.32 Å². The van der Waals surface area contributed by atoms with E-state index in [4.69, 9.17) is 10.00 Å². The van der Waals surface area contributed by atoms with Crippen LogP contribution in [0.25, 0.3) is 0 Å². The van der Waals surface area contributed by atoms with Crippen molar-refractivity contribution < 1.29 is 19.4 Å². The molecule has 0 saturated carbocycles. The van der Waals surface area contributed by atoms with Crippen LogP contribution in [0.3, 0.4) is 0 Å². The van der Waals surface area contributed by atoms with Gasteiger partial charge in [-0.15, -0.1) is 0 Å². The third kappa shape index (κ3) is 4.19. The van der Waals surface area contributed by atoms with Crippen LogP contribution in [0, 0.1) is 25.2 Å². The van der Waals surface area contributed by atoms with Crippen molar-refractivity contribution in [2.24, 2.45) is 0 Å². The van der Waals surface area contributed by atoms with E-state index < -0.39 is 24.0 Å². The second-order valence-electron chi connectivity index (χ2n) is 5.94. The molecule has 2 rings (SSSR count). The molecule has 6 heteroatoms. The van der Waals surface area contributed by atoms with Crippen LogP contribution in [0.1, 0.15) is 35.2 Å². The van der Waals surface area contributed by atoms with Crippen LogP contribution in [0.15, 0.2) is 42.5 Å². The first-order valence-corrected chi connectivity index (χ1v) is 8.10. The van der Waals surface area contributed by atoms with Gasteiger partial charge in [-0.05, 0) is 49.6 Å². The lowest BCUT2D eigenvalue weighted by molar-refractivity contribution is -0.143. The number of carbonyl (C=O) groups excluding carboxylic acids is 1. The zero-order valence-electron chi connectivity index (χ0n) is 14.8. The Morgan fingerprint density at radius 2 is 1.85 bits per heavy atom. The summed E-state index contributed by atoms with van der Waals surface area (Å²) >= 11 is 0. The molecular formula is C20H20N2O4. The predicted octanol–water partition coefficient (Wildman–Crippen LogP) is 2.88. The summed E-state index contributed by atoms with van der Waals surface area (Å²) < 4.78 is 5.54. The van der Waals surface area contributed by atoms with Crippen molar-refractivity contribution in [1.82, 2.24) is 5.32 Å². The lowest BCUT2D eigenvalue weighted by Gasteiger charge is -2.21. The molecule has 134 valence electrons. The van der Waals surface area contributed by atoms with Crippen molar-refractivity contribution in [2.75, 3.05) is 0 Å². The van der Waals surface area contributed by atoms with Crippen LogP contribution in [0.5, 0.6) is 5.75 Å². The molecule has 0 radical (unpaired) electrons. The molecule has 2 aromatic rings. The fourth-order valence-corrected chi connectivity index (χ4v) is 2.52. The summed E-state index contributed by atoms with van der Waals surface area (Å²) in [6.45, 7) is 5.20. The maximum Gasteiger partial charge on any atom is 0.330 e. The Labute approximate surface area is 152 Å². The van der Waals surface area contributed by atoms with E-state index in [1.165, 1.54) is 6.92 Å². The molecule has 26 heavy (non-hydrogen) atoms. The van der Waals surface area contributed by atoms with Crippen LogP contribution in [-0.2, 0) is 9.59 Å². The number of aryl methyl sites for hydroxylation is 1. The summed E-state index contributed by atoms with van der Waals surface area (Å²) in [4.78, 5) is 24.1. The van der Waals surface area contributed by atoms with Crippen molar-refractivity contribution in [2.45, 2.75) is 32.9 Å². The number of benzene rings is 2. The van der Waals surface area contributed by atoms with Gasteiger partial charge in [-0.2, -0.15) is 5.26 Å². The highest BCUT2D eigenvalue weighted by molar-refractivity contribution is 5.87. The van der Waals surface area contributed by atoms with Gasteiger partial charge in [0.1, 0.15) is 11.8 Å². The summed E-state index contributed by atoms with van der Waals surface area (Å²) in [6, 6.07) is 12.7. The minimum Gasteiger partial charge on any atom is -0.480 e. The van der Waals surface area contributed by atoms with Crippen LogP contribution in [0.4, 0.5) is 0 Å². The van der Waals surface area contributed by atoms with Gasteiger partial charge in [0.2, 0.25) is 0 Å². The number of nitrogens with zero attached hydrogens (tertiary/aromatic N) is 1. The first-order chi connectivity index (χ1) is 12.3. The highest BCUT2D eigenvalue weighted by atomic mass is 16.5. The van der Waals surface area contributed by atoms with Gasteiger partial charge in [0.05, 0.1) is 5.56 Å². The molecule has 2 aromatic carbocycles. The molecule has 0 spiro atoms. The monoisotopic (exact) mass is 352 g/mol. The van der Waals surface area contributed by atoms with E-state index in [0.29, 0.717) is 11.1 Å². The maximum absolute atomic E-state index is 12.4. The first-order valence-electron chi connectivity index (χ1n) is 8.10. The number of carboxylic acid groups (broad SMARTS) is 1. The lowest BCUT2D eigenvalue weighted by Crippen LogP contribution is -2.41. The third-order valence-electron chi connectivity index (χ3n) is 4.17. The quantitative estimate of drug-likeness (QED) is 0.833. The molecule has 2 N–H and O–H groups in total. The highest BCUT2D eigenvalue weighted by Crippen LogP contribution is 2.22. The normalized spacial score (nSPS) is 12.5. The minimum atomic E-state index is -1.18. The molecule has 1 amide bonds. The predicted molar refractivity (Wildman–Crippen MR) is 95.7 cm³/mol. The average molecular weight is 352 g/mol. The number of hydrogen-bond acceptors (Lipinski definition) is 4. The van der Waals surface area contributed by atoms with Gasteiger partial charge >= 0.3 is 5.97 Å². The molecule has 0 aromatic heterocycles. The molecule has 0 saturated heterocycles. The Balaban J connectivity index is 2.19. The van der Waals surface area contributed by atoms with Crippen molar-refractivity contribution in [3.63, 3.8) is 0 Å². The summed E-state index contributed by atoms with van der Waals surface area (Å²) in [6.07, 6.45) is -0.962. The van der Waals surface area contributed by atoms with Crippen LogP contribution < -0.4 is 10.1 Å². The van der Waals surface area contributed by atoms with Gasteiger partial charge < -0.3 is 15.2 Å². The molecule has 2 unspecified atom stereocenters. The summed E-state index contributed by atoms with van der Waals surface area (Å²) in [7, 11) is 0. The van der Waals surface area contributed by atoms with E-state index in [1.54, 1.807) is 36.4 Å². The standard InChI is InChI=1S/C20H20N2O4/c1-12-7-6-9-16(13(12)2)18(20(24)25)22-19(23)14(3)26-17-10-5-4-8-15(17)11-21/h4-10,14,18H,1-3H3,(H,22,23)(H,24,25). The van der Waals surface area contributed by atoms with Crippen LogP contribution >= 0.6 is 0 Å². The molecule has 0 bridgehead atoms. The smallest absolute Gasteiger partial charge is 0.330 e. The number of nitrogens with one attached hydrogen (secondary N) is 1. The van der Waals surface area contributed by atoms with Gasteiger partial charge in [-0.1, -0.05) is 30.3 Å². The largest absolute Gasteiger partial charge is 0.480 e. The molecule has 0 heterocycles. The number of nitriles is 1. The minimum absolute atomic E-state index is 0.274. The van der Waals surface area contributed by atoms with Gasteiger partial charge in [0.15, 0.2) is 12.1 Å². The first kappa shape index (κ1) is 19.0. The van der Waals surface area contributed by atoms with Crippen molar-refractivity contribution in [3.8, 4) is 11.8 Å². The molecule has 0 aliphatic rings. The molecule has 0 fully saturated rings. The summed E-state index contributed by atoms with van der Waals surface area (Å²) in [5.74, 6) is -1.46. The zero-order valence-corrected chi connectivity index (χ0v) is 14.8. The summed E-state index contributed by atoms with van der Waals surface area (Å²) in [5, 5.41) is 21.1. The fraction of sp³-hybridized carbons (Fsp3) is 0.250. The lowest BCUT2D eigenvalue weighted by atomic mass is 9.97. The van der Waals surface area contributed by atoms with Gasteiger partial charge in [-0.3, -0.25) is 4.79 Å². The van der Waals surface area contributed by atoms with Gasteiger partial charge in [-0.25, -0.2) is 4.79 Å². The number of carbonyl (C=O) groups is 2. The SMILES string of the molecule is Cc1cccc(C(NC(=O)C(C)Oc2ccccc2C#N)C(=O)O)c1C.